The summed E-state index contributed by atoms with van der Waals surface area (Å²) in [6.07, 6.45) is 2.10. The molecule has 7 heteroatoms. The standard InChI is InChI=1S/C14H17ClN4O2/c1-3-9-7-19(14(21)18-13(9)20)8-11-10(15)5-6-12(17-11)16-4-2/h5-7H,3-4,8H2,1-2H3,(H,16,17)(H,18,20,21). The van der Waals surface area contributed by atoms with Crippen molar-refractivity contribution in [2.45, 2.75) is 26.8 Å². The molecule has 2 aromatic rings. The normalized spacial score (nSPS) is 10.6. The van der Waals surface area contributed by atoms with E-state index in [1.54, 1.807) is 18.3 Å². The maximum absolute atomic E-state index is 11.9. The van der Waals surface area contributed by atoms with Gasteiger partial charge in [0.25, 0.3) is 5.56 Å². The van der Waals surface area contributed by atoms with E-state index in [1.807, 2.05) is 13.8 Å². The molecule has 6 nitrogen and oxygen atoms in total. The number of nitrogens with one attached hydrogen (secondary N) is 2. The second-order valence-electron chi connectivity index (χ2n) is 4.55. The number of aryl methyl sites for hydroxylation is 1. The summed E-state index contributed by atoms with van der Waals surface area (Å²) in [7, 11) is 0. The molecular formula is C14H17ClN4O2. The van der Waals surface area contributed by atoms with Crippen LogP contribution in [0.4, 0.5) is 5.82 Å². The Labute approximate surface area is 126 Å². The van der Waals surface area contributed by atoms with Gasteiger partial charge in [-0.15, -0.1) is 0 Å². The SMILES string of the molecule is CCNc1ccc(Cl)c(Cn2cc(CC)c(=O)[nH]c2=O)n1. The number of H-pyrrole nitrogens is 1. The van der Waals surface area contributed by atoms with Crippen LogP contribution in [-0.2, 0) is 13.0 Å². The van der Waals surface area contributed by atoms with Crippen molar-refractivity contribution in [1.29, 1.82) is 0 Å². The van der Waals surface area contributed by atoms with Gasteiger partial charge in [0.1, 0.15) is 5.82 Å². The zero-order chi connectivity index (χ0) is 15.4. The van der Waals surface area contributed by atoms with Gasteiger partial charge in [0, 0.05) is 18.3 Å². The predicted octanol–water partition coefficient (Wildman–Crippen LogP) is 1.63. The molecule has 2 rings (SSSR count). The van der Waals surface area contributed by atoms with E-state index in [9.17, 15) is 9.59 Å². The zero-order valence-corrected chi connectivity index (χ0v) is 12.7. The van der Waals surface area contributed by atoms with Crippen molar-refractivity contribution in [2.75, 3.05) is 11.9 Å². The molecule has 0 radical (unpaired) electrons. The third-order valence-corrected chi connectivity index (χ3v) is 3.41. The second kappa shape index (κ2) is 6.58. The molecule has 0 unspecified atom stereocenters. The largest absolute Gasteiger partial charge is 0.370 e. The number of aromatic amines is 1. The topological polar surface area (TPSA) is 79.8 Å². The summed E-state index contributed by atoms with van der Waals surface area (Å²) in [6.45, 7) is 4.78. The molecule has 21 heavy (non-hydrogen) atoms. The third-order valence-electron chi connectivity index (χ3n) is 3.06. The summed E-state index contributed by atoms with van der Waals surface area (Å²) in [5, 5.41) is 3.57. The molecule has 0 atom stereocenters. The van der Waals surface area contributed by atoms with Crippen molar-refractivity contribution in [2.24, 2.45) is 0 Å². The number of pyridine rings is 1. The molecular weight excluding hydrogens is 292 g/mol. The number of nitrogens with zero attached hydrogens (tertiary/aromatic N) is 2. The van der Waals surface area contributed by atoms with Crippen molar-refractivity contribution < 1.29 is 0 Å². The van der Waals surface area contributed by atoms with E-state index in [1.165, 1.54) is 4.57 Å². The summed E-state index contributed by atoms with van der Waals surface area (Å²) in [4.78, 5) is 30.1. The minimum Gasteiger partial charge on any atom is -0.370 e. The van der Waals surface area contributed by atoms with Gasteiger partial charge in [0.15, 0.2) is 0 Å². The van der Waals surface area contributed by atoms with Crippen LogP contribution in [0, 0.1) is 0 Å². The van der Waals surface area contributed by atoms with Crippen molar-refractivity contribution in [3.63, 3.8) is 0 Å². The molecule has 0 aliphatic heterocycles. The first-order chi connectivity index (χ1) is 10.0. The summed E-state index contributed by atoms with van der Waals surface area (Å²) in [5.74, 6) is 0.699. The van der Waals surface area contributed by atoms with Crippen LogP contribution in [0.2, 0.25) is 5.02 Å². The van der Waals surface area contributed by atoms with Crippen LogP contribution in [0.1, 0.15) is 25.1 Å². The maximum atomic E-state index is 11.9. The Kier molecular flexibility index (Phi) is 4.80. The van der Waals surface area contributed by atoms with Crippen molar-refractivity contribution in [3.8, 4) is 0 Å². The van der Waals surface area contributed by atoms with Gasteiger partial charge in [-0.3, -0.25) is 14.3 Å². The Hall–Kier alpha value is -2.08. The minimum absolute atomic E-state index is 0.209. The number of hydrogen-bond acceptors (Lipinski definition) is 4. The lowest BCUT2D eigenvalue weighted by atomic mass is 10.2. The molecule has 0 bridgehead atoms. The van der Waals surface area contributed by atoms with Crippen LogP contribution in [0.5, 0.6) is 0 Å². The number of aromatic nitrogens is 3. The van der Waals surface area contributed by atoms with Crippen molar-refractivity contribution in [3.05, 3.63) is 55.4 Å². The lowest BCUT2D eigenvalue weighted by Gasteiger charge is -2.10. The van der Waals surface area contributed by atoms with Gasteiger partial charge < -0.3 is 5.32 Å². The van der Waals surface area contributed by atoms with Crippen LogP contribution in [0.25, 0.3) is 0 Å². The van der Waals surface area contributed by atoms with Crippen LogP contribution >= 0.6 is 11.6 Å². The van der Waals surface area contributed by atoms with E-state index in [0.717, 1.165) is 6.54 Å². The molecule has 0 aromatic carbocycles. The van der Waals surface area contributed by atoms with Gasteiger partial charge in [-0.2, -0.15) is 0 Å². The molecule has 2 aromatic heterocycles. The first kappa shape index (κ1) is 15.3. The van der Waals surface area contributed by atoms with E-state index in [-0.39, 0.29) is 12.1 Å². The molecule has 112 valence electrons. The fourth-order valence-corrected chi connectivity index (χ4v) is 2.13. The maximum Gasteiger partial charge on any atom is 0.328 e. The minimum atomic E-state index is -0.469. The average molecular weight is 309 g/mol. The summed E-state index contributed by atoms with van der Waals surface area (Å²) in [5.41, 5.74) is 0.308. The monoisotopic (exact) mass is 308 g/mol. The molecule has 0 fully saturated rings. The van der Waals surface area contributed by atoms with E-state index in [2.05, 4.69) is 15.3 Å². The Bertz CT molecular complexity index is 751. The summed E-state index contributed by atoms with van der Waals surface area (Å²) >= 11 is 6.13. The van der Waals surface area contributed by atoms with Crippen LogP contribution in [0.3, 0.4) is 0 Å². The number of halogens is 1. The van der Waals surface area contributed by atoms with Gasteiger partial charge >= 0.3 is 5.69 Å². The molecule has 0 saturated carbocycles. The highest BCUT2D eigenvalue weighted by molar-refractivity contribution is 6.31. The van der Waals surface area contributed by atoms with E-state index >= 15 is 0 Å². The van der Waals surface area contributed by atoms with E-state index in [4.69, 9.17) is 11.6 Å². The predicted molar refractivity (Wildman–Crippen MR) is 83.2 cm³/mol. The Balaban J connectivity index is 2.40. The smallest absolute Gasteiger partial charge is 0.328 e. The number of anilines is 1. The molecule has 0 saturated heterocycles. The second-order valence-corrected chi connectivity index (χ2v) is 4.96. The quantitative estimate of drug-likeness (QED) is 0.880. The fraction of sp³-hybridized carbons (Fsp3) is 0.357. The fourth-order valence-electron chi connectivity index (χ4n) is 1.96. The average Bonchev–Trinajstić information content (AvgIpc) is 2.45. The van der Waals surface area contributed by atoms with Crippen LogP contribution in [0.15, 0.2) is 27.9 Å². The van der Waals surface area contributed by atoms with Gasteiger partial charge in [0.05, 0.1) is 17.3 Å². The van der Waals surface area contributed by atoms with E-state index in [0.29, 0.717) is 28.5 Å². The zero-order valence-electron chi connectivity index (χ0n) is 11.9. The number of rotatable bonds is 5. The van der Waals surface area contributed by atoms with Crippen LogP contribution < -0.4 is 16.6 Å². The van der Waals surface area contributed by atoms with E-state index < -0.39 is 5.69 Å². The summed E-state index contributed by atoms with van der Waals surface area (Å²) < 4.78 is 1.41. The van der Waals surface area contributed by atoms with Gasteiger partial charge in [-0.25, -0.2) is 9.78 Å². The Morgan fingerprint density at radius 3 is 2.76 bits per heavy atom. The molecule has 2 heterocycles. The van der Waals surface area contributed by atoms with Crippen molar-refractivity contribution in [1.82, 2.24) is 14.5 Å². The molecule has 0 aliphatic carbocycles. The first-order valence-electron chi connectivity index (χ1n) is 6.77. The highest BCUT2D eigenvalue weighted by Gasteiger charge is 2.08. The van der Waals surface area contributed by atoms with Crippen LogP contribution in [-0.4, -0.2) is 21.1 Å². The lowest BCUT2D eigenvalue weighted by molar-refractivity contribution is 0.694. The highest BCUT2D eigenvalue weighted by atomic mass is 35.5. The molecule has 0 aliphatic rings. The molecule has 0 amide bonds. The summed E-state index contributed by atoms with van der Waals surface area (Å²) in [6, 6.07) is 3.52. The van der Waals surface area contributed by atoms with Gasteiger partial charge in [0.2, 0.25) is 0 Å². The number of hydrogen-bond donors (Lipinski definition) is 2. The Morgan fingerprint density at radius 1 is 1.33 bits per heavy atom. The lowest BCUT2D eigenvalue weighted by Crippen LogP contribution is -2.32. The van der Waals surface area contributed by atoms with Gasteiger partial charge in [-0.1, -0.05) is 18.5 Å². The molecule has 2 N–H and O–H groups in total. The third kappa shape index (κ3) is 3.52. The van der Waals surface area contributed by atoms with Gasteiger partial charge in [-0.05, 0) is 25.5 Å². The van der Waals surface area contributed by atoms with Crippen molar-refractivity contribution >= 4 is 17.4 Å². The Morgan fingerprint density at radius 2 is 2.10 bits per heavy atom. The first-order valence-corrected chi connectivity index (χ1v) is 7.14. The molecule has 0 spiro atoms. The highest BCUT2D eigenvalue weighted by Crippen LogP contribution is 2.17.